The number of rotatable bonds is 3. The second kappa shape index (κ2) is 10.7. The molecular weight excluding hydrogens is 627 g/mol. The fourth-order valence-corrected chi connectivity index (χ4v) is 7.83. The van der Waals surface area contributed by atoms with Gasteiger partial charge in [0, 0.05) is 54.8 Å². The highest BCUT2D eigenvalue weighted by Gasteiger charge is 2.22. The van der Waals surface area contributed by atoms with E-state index >= 15 is 0 Å². The SMILES string of the molecule is N#Cc1ccc(-n2c3ccccc3c3ccccc32)cc1-c1cc(-n2c3ccccc3c3cc4oc5ccccc5c4cc32)cc(C#N)c1C#N. The molecule has 0 aliphatic rings. The van der Waals surface area contributed by atoms with Crippen molar-refractivity contribution < 1.29 is 4.42 Å². The summed E-state index contributed by atoms with van der Waals surface area (Å²) in [4.78, 5) is 0. The molecule has 51 heavy (non-hydrogen) atoms. The highest BCUT2D eigenvalue weighted by molar-refractivity contribution is 6.17. The van der Waals surface area contributed by atoms with Crippen molar-refractivity contribution in [2.45, 2.75) is 0 Å². The van der Waals surface area contributed by atoms with E-state index in [1.165, 1.54) is 0 Å². The lowest BCUT2D eigenvalue weighted by Gasteiger charge is -2.16. The van der Waals surface area contributed by atoms with Crippen molar-refractivity contribution in [2.24, 2.45) is 0 Å². The third-order valence-electron chi connectivity index (χ3n) is 10.0. The lowest BCUT2D eigenvalue weighted by molar-refractivity contribution is 0.669. The summed E-state index contributed by atoms with van der Waals surface area (Å²) in [5, 5.41) is 37.7. The van der Waals surface area contributed by atoms with E-state index in [2.05, 4.69) is 81.9 Å². The lowest BCUT2D eigenvalue weighted by Crippen LogP contribution is -2.01. The summed E-state index contributed by atoms with van der Waals surface area (Å²) in [6, 6.07) is 53.3. The van der Waals surface area contributed by atoms with Gasteiger partial charge in [-0.1, -0.05) is 72.8 Å². The normalized spacial score (nSPS) is 11.5. The van der Waals surface area contributed by atoms with Crippen LogP contribution in [0.25, 0.3) is 88.1 Å². The van der Waals surface area contributed by atoms with Crippen molar-refractivity contribution in [3.8, 4) is 40.7 Å². The van der Waals surface area contributed by atoms with Crippen LogP contribution in [0.3, 0.4) is 0 Å². The Hall–Kier alpha value is -7.59. The van der Waals surface area contributed by atoms with Crippen LogP contribution in [0, 0.1) is 34.0 Å². The quantitative estimate of drug-likeness (QED) is 0.190. The number of aromatic nitrogens is 2. The fourth-order valence-electron chi connectivity index (χ4n) is 7.83. The molecule has 234 valence electrons. The Morgan fingerprint density at radius 2 is 0.961 bits per heavy atom. The minimum absolute atomic E-state index is 0.223. The lowest BCUT2D eigenvalue weighted by atomic mass is 9.92. The second-order valence-corrected chi connectivity index (χ2v) is 12.7. The van der Waals surface area contributed by atoms with Crippen LogP contribution in [0.15, 0.2) is 144 Å². The molecule has 0 saturated heterocycles. The van der Waals surface area contributed by atoms with Gasteiger partial charge in [0.05, 0.1) is 44.8 Å². The van der Waals surface area contributed by atoms with Crippen LogP contribution in [0.4, 0.5) is 0 Å². The van der Waals surface area contributed by atoms with Gasteiger partial charge in [0.1, 0.15) is 23.3 Å². The summed E-state index contributed by atoms with van der Waals surface area (Å²) in [5.41, 5.74) is 9.09. The van der Waals surface area contributed by atoms with Gasteiger partial charge in [-0.2, -0.15) is 15.8 Å². The molecule has 0 saturated carbocycles. The number of hydrogen-bond acceptors (Lipinski definition) is 4. The first kappa shape index (κ1) is 28.4. The molecule has 3 aromatic heterocycles. The van der Waals surface area contributed by atoms with E-state index in [1.807, 2.05) is 72.8 Å². The number of furan rings is 1. The Morgan fingerprint density at radius 1 is 0.392 bits per heavy atom. The zero-order chi connectivity index (χ0) is 34.2. The molecule has 6 heteroatoms. The first-order valence-corrected chi connectivity index (χ1v) is 16.5. The molecular formula is C45H23N5O. The van der Waals surface area contributed by atoms with Gasteiger partial charge in [0.2, 0.25) is 0 Å². The van der Waals surface area contributed by atoms with Crippen molar-refractivity contribution >= 4 is 65.6 Å². The molecule has 0 atom stereocenters. The van der Waals surface area contributed by atoms with Gasteiger partial charge < -0.3 is 13.6 Å². The zero-order valence-electron chi connectivity index (χ0n) is 26.9. The van der Waals surface area contributed by atoms with Crippen LogP contribution in [0.2, 0.25) is 0 Å². The zero-order valence-corrected chi connectivity index (χ0v) is 26.9. The van der Waals surface area contributed by atoms with E-state index in [-0.39, 0.29) is 11.1 Å². The van der Waals surface area contributed by atoms with Crippen LogP contribution in [0.1, 0.15) is 16.7 Å². The minimum Gasteiger partial charge on any atom is -0.456 e. The molecule has 0 radical (unpaired) electrons. The molecule has 0 bridgehead atoms. The van der Waals surface area contributed by atoms with Gasteiger partial charge >= 0.3 is 0 Å². The van der Waals surface area contributed by atoms with Crippen molar-refractivity contribution in [2.75, 3.05) is 0 Å². The highest BCUT2D eigenvalue weighted by atomic mass is 16.3. The summed E-state index contributed by atoms with van der Waals surface area (Å²) in [5.74, 6) is 0. The van der Waals surface area contributed by atoms with E-state index < -0.39 is 0 Å². The molecule has 0 aliphatic carbocycles. The van der Waals surface area contributed by atoms with E-state index in [4.69, 9.17) is 4.42 Å². The monoisotopic (exact) mass is 649 g/mol. The summed E-state index contributed by atoms with van der Waals surface area (Å²) >= 11 is 0. The van der Waals surface area contributed by atoms with Crippen LogP contribution in [0.5, 0.6) is 0 Å². The third kappa shape index (κ3) is 4.01. The summed E-state index contributed by atoms with van der Waals surface area (Å²) in [7, 11) is 0. The number of nitrogens with zero attached hydrogens (tertiary/aromatic N) is 5. The number of benzene rings is 7. The maximum atomic E-state index is 10.5. The molecule has 10 rings (SSSR count). The van der Waals surface area contributed by atoms with Crippen molar-refractivity contribution in [1.82, 2.24) is 9.13 Å². The van der Waals surface area contributed by atoms with Gasteiger partial charge in [-0.3, -0.25) is 0 Å². The first-order valence-electron chi connectivity index (χ1n) is 16.5. The van der Waals surface area contributed by atoms with Crippen molar-refractivity contribution in [3.05, 3.63) is 156 Å². The molecule has 0 spiro atoms. The Kier molecular flexibility index (Phi) is 5.97. The van der Waals surface area contributed by atoms with Gasteiger partial charge in [-0.05, 0) is 66.7 Å². The van der Waals surface area contributed by atoms with Gasteiger partial charge in [-0.15, -0.1) is 0 Å². The topological polar surface area (TPSA) is 94.4 Å². The maximum absolute atomic E-state index is 10.5. The molecule has 6 nitrogen and oxygen atoms in total. The average molecular weight is 650 g/mol. The molecule has 10 aromatic rings. The number of para-hydroxylation sites is 4. The molecule has 0 amide bonds. The minimum atomic E-state index is 0.223. The van der Waals surface area contributed by atoms with Crippen LogP contribution in [-0.4, -0.2) is 9.13 Å². The molecule has 0 fully saturated rings. The molecule has 0 aliphatic heterocycles. The first-order chi connectivity index (χ1) is 25.2. The number of nitriles is 3. The van der Waals surface area contributed by atoms with Crippen LogP contribution < -0.4 is 0 Å². The Labute approximate surface area is 291 Å². The molecule has 7 aromatic carbocycles. The van der Waals surface area contributed by atoms with Gasteiger partial charge in [-0.25, -0.2) is 0 Å². The smallest absolute Gasteiger partial charge is 0.136 e. The molecule has 3 heterocycles. The average Bonchev–Trinajstić information content (AvgIpc) is 3.83. The Morgan fingerprint density at radius 3 is 1.61 bits per heavy atom. The third-order valence-corrected chi connectivity index (χ3v) is 10.0. The maximum Gasteiger partial charge on any atom is 0.136 e. The fraction of sp³-hybridized carbons (Fsp3) is 0. The van der Waals surface area contributed by atoms with E-state index in [9.17, 15) is 15.8 Å². The van der Waals surface area contributed by atoms with Crippen molar-refractivity contribution in [1.29, 1.82) is 15.8 Å². The second-order valence-electron chi connectivity index (χ2n) is 12.7. The predicted octanol–water partition coefficient (Wildman–Crippen LogP) is 11.1. The van der Waals surface area contributed by atoms with Crippen LogP contribution in [-0.2, 0) is 0 Å². The summed E-state index contributed by atoms with van der Waals surface area (Å²) < 4.78 is 10.6. The standard InChI is InChI=1S/C45H23N5O/c46-24-27-17-18-29(49-40-13-5-1-9-31(40)32-10-2-6-14-41(32)49)20-35(27)36-21-30(19-28(25-47)39(36)26-48)50-42-15-7-3-11-33(42)37-23-45-38(22-43(37)50)34-12-4-8-16-44(34)51-45/h1-23H. The van der Waals surface area contributed by atoms with Gasteiger partial charge in [0.25, 0.3) is 0 Å². The van der Waals surface area contributed by atoms with E-state index in [0.29, 0.717) is 22.4 Å². The van der Waals surface area contributed by atoms with Crippen molar-refractivity contribution in [3.63, 3.8) is 0 Å². The number of fused-ring (bicyclic) bond motifs is 9. The summed E-state index contributed by atoms with van der Waals surface area (Å²) in [6.45, 7) is 0. The Balaban J connectivity index is 1.28. The molecule has 0 unspecified atom stereocenters. The van der Waals surface area contributed by atoms with E-state index in [0.717, 1.165) is 71.2 Å². The van der Waals surface area contributed by atoms with E-state index in [1.54, 1.807) is 12.1 Å². The Bertz CT molecular complexity index is 3190. The highest BCUT2D eigenvalue weighted by Crippen LogP contribution is 2.41. The van der Waals surface area contributed by atoms with Crippen LogP contribution >= 0.6 is 0 Å². The molecule has 0 N–H and O–H groups in total. The largest absolute Gasteiger partial charge is 0.456 e. The predicted molar refractivity (Wildman–Crippen MR) is 202 cm³/mol. The van der Waals surface area contributed by atoms with Gasteiger partial charge in [0.15, 0.2) is 0 Å². The summed E-state index contributed by atoms with van der Waals surface area (Å²) in [6.07, 6.45) is 0. The number of hydrogen-bond donors (Lipinski definition) is 0.